The Bertz CT molecular complexity index is 203. The zero-order valence-corrected chi connectivity index (χ0v) is 7.08. The number of aliphatic imine (C=N–C) groups is 1. The van der Waals surface area contributed by atoms with Crippen molar-refractivity contribution in [3.8, 4) is 0 Å². The molecule has 0 unspecified atom stereocenters. The highest BCUT2D eigenvalue weighted by molar-refractivity contribution is 5.84. The summed E-state index contributed by atoms with van der Waals surface area (Å²) in [4.78, 5) is 16.4. The van der Waals surface area contributed by atoms with Crippen LogP contribution < -0.4 is 5.32 Å². The van der Waals surface area contributed by atoms with Gasteiger partial charge in [-0.25, -0.2) is 0 Å². The third-order valence-corrected chi connectivity index (χ3v) is 1.71. The van der Waals surface area contributed by atoms with E-state index in [0.717, 1.165) is 19.6 Å². The van der Waals surface area contributed by atoms with Crippen LogP contribution in [0.3, 0.4) is 0 Å². The average Bonchev–Trinajstić information content (AvgIpc) is 2.47. The van der Waals surface area contributed by atoms with Gasteiger partial charge >= 0.3 is 5.97 Å². The second-order valence-electron chi connectivity index (χ2n) is 2.53. The normalized spacial score (nSPS) is 16.1. The van der Waals surface area contributed by atoms with Crippen molar-refractivity contribution in [3.05, 3.63) is 0 Å². The van der Waals surface area contributed by atoms with Crippen molar-refractivity contribution in [1.82, 2.24) is 10.2 Å². The maximum absolute atomic E-state index is 10.2. The predicted octanol–water partition coefficient (Wildman–Crippen LogP) is -0.648. The molecule has 0 saturated heterocycles. The van der Waals surface area contributed by atoms with Crippen LogP contribution in [0.2, 0.25) is 0 Å². The summed E-state index contributed by atoms with van der Waals surface area (Å²) in [5, 5.41) is 11.2. The van der Waals surface area contributed by atoms with E-state index in [1.165, 1.54) is 0 Å². The third kappa shape index (κ3) is 2.11. The second-order valence-corrected chi connectivity index (χ2v) is 2.53. The quantitative estimate of drug-likeness (QED) is 0.592. The van der Waals surface area contributed by atoms with Gasteiger partial charge in [-0.05, 0) is 6.92 Å². The topological polar surface area (TPSA) is 64.9 Å². The second kappa shape index (κ2) is 3.94. The van der Waals surface area contributed by atoms with Crippen LogP contribution in [0.1, 0.15) is 6.92 Å². The van der Waals surface area contributed by atoms with E-state index in [9.17, 15) is 4.79 Å². The largest absolute Gasteiger partial charge is 0.480 e. The van der Waals surface area contributed by atoms with Gasteiger partial charge in [0.05, 0.1) is 6.54 Å². The maximum atomic E-state index is 10.2. The van der Waals surface area contributed by atoms with E-state index in [1.54, 1.807) is 0 Å². The van der Waals surface area contributed by atoms with Gasteiger partial charge in [0.25, 0.3) is 0 Å². The number of hydrogen-bond donors (Lipinski definition) is 2. The summed E-state index contributed by atoms with van der Waals surface area (Å²) in [5.74, 6) is -0.152. The maximum Gasteiger partial charge on any atom is 0.322 e. The number of nitrogens with one attached hydrogen (secondary N) is 1. The van der Waals surface area contributed by atoms with Crippen molar-refractivity contribution in [1.29, 1.82) is 0 Å². The first kappa shape index (κ1) is 8.83. The Labute approximate surface area is 71.1 Å². The van der Waals surface area contributed by atoms with Gasteiger partial charge in [0.15, 0.2) is 5.96 Å². The lowest BCUT2D eigenvalue weighted by atomic mass is 10.5. The van der Waals surface area contributed by atoms with Gasteiger partial charge in [-0.1, -0.05) is 0 Å². The van der Waals surface area contributed by atoms with E-state index in [1.807, 2.05) is 11.8 Å². The zero-order valence-electron chi connectivity index (χ0n) is 7.08. The Morgan fingerprint density at radius 2 is 2.58 bits per heavy atom. The molecule has 0 spiro atoms. The van der Waals surface area contributed by atoms with E-state index in [4.69, 9.17) is 5.11 Å². The van der Waals surface area contributed by atoms with Crippen LogP contribution in [0.25, 0.3) is 0 Å². The molecule has 68 valence electrons. The zero-order chi connectivity index (χ0) is 8.97. The number of carboxylic acid groups (broad SMARTS) is 1. The molecule has 1 rings (SSSR count). The molecular formula is C7H13N3O2. The average molecular weight is 171 g/mol. The molecule has 12 heavy (non-hydrogen) atoms. The highest BCUT2D eigenvalue weighted by Gasteiger charge is 2.14. The molecule has 0 atom stereocenters. The van der Waals surface area contributed by atoms with E-state index in [2.05, 4.69) is 10.3 Å². The number of carboxylic acids is 1. The predicted molar refractivity (Wildman–Crippen MR) is 45.2 cm³/mol. The highest BCUT2D eigenvalue weighted by Crippen LogP contribution is 1.97. The van der Waals surface area contributed by atoms with Crippen LogP contribution in [-0.2, 0) is 4.79 Å². The number of rotatable bonds is 3. The number of nitrogens with zero attached hydrogens (tertiary/aromatic N) is 2. The number of aliphatic carboxylic acids is 1. The van der Waals surface area contributed by atoms with Crippen molar-refractivity contribution in [3.63, 3.8) is 0 Å². The summed E-state index contributed by atoms with van der Waals surface area (Å²) in [6.45, 7) is 4.47. The molecule has 2 N–H and O–H groups in total. The van der Waals surface area contributed by atoms with Crippen molar-refractivity contribution in [2.24, 2.45) is 4.99 Å². The molecule has 0 aromatic rings. The lowest BCUT2D eigenvalue weighted by Crippen LogP contribution is -2.40. The molecule has 0 fully saturated rings. The van der Waals surface area contributed by atoms with Crippen LogP contribution >= 0.6 is 0 Å². The fraction of sp³-hybridized carbons (Fsp3) is 0.714. The van der Waals surface area contributed by atoms with Crippen molar-refractivity contribution >= 4 is 11.9 Å². The van der Waals surface area contributed by atoms with Gasteiger partial charge in [0.1, 0.15) is 6.54 Å². The molecule has 0 aromatic heterocycles. The molecule has 1 aliphatic heterocycles. The number of carbonyl (C=O) groups is 1. The molecule has 1 aliphatic rings. The summed E-state index contributed by atoms with van der Waals surface area (Å²) in [5.41, 5.74) is 0. The molecule has 0 bridgehead atoms. The summed E-state index contributed by atoms with van der Waals surface area (Å²) in [6.07, 6.45) is 0. The number of guanidine groups is 1. The van der Waals surface area contributed by atoms with Crippen LogP contribution in [0.5, 0.6) is 0 Å². The van der Waals surface area contributed by atoms with Crippen molar-refractivity contribution in [2.45, 2.75) is 6.92 Å². The van der Waals surface area contributed by atoms with Gasteiger partial charge in [-0.3, -0.25) is 9.79 Å². The lowest BCUT2D eigenvalue weighted by molar-refractivity contribution is -0.135. The van der Waals surface area contributed by atoms with E-state index < -0.39 is 5.97 Å². The standard InChI is InChI=1S/C7H13N3O2/c1-2-10-4-3-8-7(10)9-5-6(11)12/h2-5H2,1H3,(H,8,9)(H,11,12). The van der Waals surface area contributed by atoms with Crippen LogP contribution in [0, 0.1) is 0 Å². The molecule has 5 nitrogen and oxygen atoms in total. The van der Waals surface area contributed by atoms with Crippen molar-refractivity contribution in [2.75, 3.05) is 26.2 Å². The first-order chi connectivity index (χ1) is 5.74. The van der Waals surface area contributed by atoms with Crippen LogP contribution in [-0.4, -0.2) is 48.1 Å². The van der Waals surface area contributed by atoms with Crippen molar-refractivity contribution < 1.29 is 9.90 Å². The molecule has 0 aliphatic carbocycles. The Morgan fingerprint density at radius 3 is 3.17 bits per heavy atom. The van der Waals surface area contributed by atoms with Gasteiger partial charge in [0.2, 0.25) is 0 Å². The van der Waals surface area contributed by atoms with Gasteiger partial charge in [0, 0.05) is 13.1 Å². The fourth-order valence-electron chi connectivity index (χ4n) is 1.11. The molecule has 0 aromatic carbocycles. The first-order valence-corrected chi connectivity index (χ1v) is 3.99. The van der Waals surface area contributed by atoms with Crippen LogP contribution in [0.15, 0.2) is 4.99 Å². The minimum atomic E-state index is -0.861. The minimum Gasteiger partial charge on any atom is -0.480 e. The van der Waals surface area contributed by atoms with E-state index in [-0.39, 0.29) is 6.54 Å². The van der Waals surface area contributed by atoms with Gasteiger partial charge in [-0.15, -0.1) is 0 Å². The molecular weight excluding hydrogens is 158 g/mol. The number of likely N-dealkylation sites (N-methyl/N-ethyl adjacent to an activating group) is 1. The Balaban J connectivity index is 2.35. The molecule has 1 heterocycles. The molecule has 0 amide bonds. The highest BCUT2D eigenvalue weighted by atomic mass is 16.4. The first-order valence-electron chi connectivity index (χ1n) is 3.99. The summed E-state index contributed by atoms with van der Waals surface area (Å²) in [7, 11) is 0. The summed E-state index contributed by atoms with van der Waals surface area (Å²) >= 11 is 0. The lowest BCUT2D eigenvalue weighted by Gasteiger charge is -2.17. The SMILES string of the molecule is CCN1CCN=C1NCC(=O)O. The van der Waals surface area contributed by atoms with Gasteiger partial charge in [-0.2, -0.15) is 0 Å². The number of hydrogen-bond acceptors (Lipinski definition) is 4. The molecule has 0 saturated carbocycles. The molecule has 5 heteroatoms. The third-order valence-electron chi connectivity index (χ3n) is 1.71. The van der Waals surface area contributed by atoms with Gasteiger partial charge < -0.3 is 15.3 Å². The monoisotopic (exact) mass is 171 g/mol. The summed E-state index contributed by atoms with van der Waals surface area (Å²) < 4.78 is 0. The Hall–Kier alpha value is -1.26. The Morgan fingerprint density at radius 1 is 1.83 bits per heavy atom. The Kier molecular flexibility index (Phi) is 2.90. The summed E-state index contributed by atoms with van der Waals surface area (Å²) in [6, 6.07) is 0. The smallest absolute Gasteiger partial charge is 0.322 e. The van der Waals surface area contributed by atoms with E-state index in [0.29, 0.717) is 5.96 Å². The van der Waals surface area contributed by atoms with E-state index >= 15 is 0 Å². The molecule has 0 radical (unpaired) electrons. The van der Waals surface area contributed by atoms with Crippen LogP contribution in [0.4, 0.5) is 0 Å². The fourth-order valence-corrected chi connectivity index (χ4v) is 1.11. The minimum absolute atomic E-state index is 0.0602.